The largest absolute Gasteiger partial charge is 0.453 e. The van der Waals surface area contributed by atoms with Gasteiger partial charge in [-0.15, -0.1) is 0 Å². The second-order valence-electron chi connectivity index (χ2n) is 8.90. The molecule has 1 aliphatic rings. The maximum atomic E-state index is 12.5. The van der Waals surface area contributed by atoms with Crippen LogP contribution in [0.15, 0.2) is 23.1 Å². The first-order valence-corrected chi connectivity index (χ1v) is 12.7. The minimum atomic E-state index is -3.58. The summed E-state index contributed by atoms with van der Waals surface area (Å²) in [6.45, 7) is 1.49. The van der Waals surface area contributed by atoms with Gasteiger partial charge in [-0.25, -0.2) is 17.7 Å². The quantitative estimate of drug-likeness (QED) is 0.561. The van der Waals surface area contributed by atoms with Gasteiger partial charge in [0.25, 0.3) is 5.91 Å². The highest BCUT2D eigenvalue weighted by atomic mass is 32.2. The van der Waals surface area contributed by atoms with Crippen molar-refractivity contribution in [2.45, 2.75) is 68.4 Å². The average Bonchev–Trinajstić information content (AvgIpc) is 3.13. The van der Waals surface area contributed by atoms with E-state index in [-0.39, 0.29) is 17.7 Å². The summed E-state index contributed by atoms with van der Waals surface area (Å²) >= 11 is 0. The van der Waals surface area contributed by atoms with Crippen molar-refractivity contribution in [2.75, 3.05) is 14.1 Å². The highest BCUT2D eigenvalue weighted by molar-refractivity contribution is 7.89. The highest BCUT2D eigenvalue weighted by Gasteiger charge is 2.35. The van der Waals surface area contributed by atoms with E-state index in [1.165, 1.54) is 33.2 Å². The highest BCUT2D eigenvalue weighted by Crippen LogP contribution is 2.27. The van der Waals surface area contributed by atoms with E-state index in [2.05, 4.69) is 16.4 Å². The predicted octanol–water partition coefficient (Wildman–Crippen LogP) is 2.03. The van der Waals surface area contributed by atoms with E-state index < -0.39 is 33.5 Å². The van der Waals surface area contributed by atoms with Gasteiger partial charge >= 0.3 is 5.97 Å². The third-order valence-electron chi connectivity index (χ3n) is 6.24. The van der Waals surface area contributed by atoms with Crippen molar-refractivity contribution >= 4 is 32.9 Å². The number of ether oxygens (including phenoxy) is 1. The molecule has 11 heteroatoms. The smallest absolute Gasteiger partial charge is 0.307 e. The maximum absolute atomic E-state index is 12.5. The Morgan fingerprint density at radius 1 is 1.29 bits per heavy atom. The molecule has 1 heterocycles. The first-order chi connectivity index (χ1) is 16.0. The molecule has 2 aromatic rings. The zero-order valence-electron chi connectivity index (χ0n) is 20.0. The van der Waals surface area contributed by atoms with Crippen molar-refractivity contribution in [1.82, 2.24) is 19.2 Å². The van der Waals surface area contributed by atoms with Gasteiger partial charge in [0, 0.05) is 27.6 Å². The number of nitriles is 1. The Labute approximate surface area is 199 Å². The molecule has 10 nitrogen and oxygen atoms in total. The van der Waals surface area contributed by atoms with Crippen LogP contribution in [0.3, 0.4) is 0 Å². The zero-order chi connectivity index (χ0) is 25.1. The second kappa shape index (κ2) is 10.1. The molecule has 3 rings (SSSR count). The van der Waals surface area contributed by atoms with Gasteiger partial charge in [0.05, 0.1) is 28.4 Å². The van der Waals surface area contributed by atoms with Crippen molar-refractivity contribution in [3.8, 4) is 6.07 Å². The van der Waals surface area contributed by atoms with Gasteiger partial charge in [-0.05, 0) is 38.0 Å². The van der Waals surface area contributed by atoms with E-state index in [4.69, 9.17) is 4.74 Å². The number of hydrogen-bond acceptors (Lipinski definition) is 7. The Hall–Kier alpha value is -2.97. The van der Waals surface area contributed by atoms with E-state index in [1.807, 2.05) is 0 Å². The number of sulfonamides is 1. The topological polar surface area (TPSA) is 134 Å². The van der Waals surface area contributed by atoms with Gasteiger partial charge < -0.3 is 14.6 Å². The van der Waals surface area contributed by atoms with E-state index in [1.54, 1.807) is 17.7 Å². The zero-order valence-corrected chi connectivity index (χ0v) is 20.8. The van der Waals surface area contributed by atoms with Crippen LogP contribution in [0.25, 0.3) is 11.0 Å². The number of imidazole rings is 1. The normalized spacial score (nSPS) is 16.7. The van der Waals surface area contributed by atoms with E-state index in [0.717, 1.165) is 29.1 Å². The number of hydrogen-bond donors (Lipinski definition) is 1. The molecule has 1 fully saturated rings. The molecule has 1 aromatic carbocycles. The third-order valence-corrected chi connectivity index (χ3v) is 8.05. The fraction of sp³-hybridized carbons (Fsp3) is 0.565. The van der Waals surface area contributed by atoms with Gasteiger partial charge in [-0.1, -0.05) is 19.3 Å². The van der Waals surface area contributed by atoms with E-state index in [0.29, 0.717) is 24.2 Å². The van der Waals surface area contributed by atoms with Crippen LogP contribution in [0.5, 0.6) is 0 Å². The summed E-state index contributed by atoms with van der Waals surface area (Å²) in [7, 11) is 1.13. The van der Waals surface area contributed by atoms with Gasteiger partial charge in [-0.2, -0.15) is 5.26 Å². The minimum Gasteiger partial charge on any atom is -0.453 e. The van der Waals surface area contributed by atoms with Crippen LogP contribution >= 0.6 is 0 Å². The fourth-order valence-electron chi connectivity index (χ4n) is 4.11. The van der Waals surface area contributed by atoms with Crippen molar-refractivity contribution in [3.05, 3.63) is 24.0 Å². The molecule has 1 aliphatic carbocycles. The molecule has 0 radical (unpaired) electrons. The van der Waals surface area contributed by atoms with Crippen LogP contribution in [-0.4, -0.2) is 59.9 Å². The summed E-state index contributed by atoms with van der Waals surface area (Å²) in [6.07, 6.45) is 3.24. The van der Waals surface area contributed by atoms with E-state index in [9.17, 15) is 23.3 Å². The van der Waals surface area contributed by atoms with Gasteiger partial charge in [0.1, 0.15) is 11.4 Å². The van der Waals surface area contributed by atoms with Gasteiger partial charge in [0.15, 0.2) is 6.10 Å². The number of aryl methyl sites for hydroxylation is 2. The molecule has 1 N–H and O–H groups in total. The standard InChI is InChI=1S/C23H31N5O5S/c1-16(22(30)26-23(15-24)12-6-5-7-13-23)33-21(29)11-10-20-25-18-14-17(34(31,32)27(2)3)8-9-19(18)28(20)4/h8-9,14,16H,5-7,10-13H2,1-4H3,(H,26,30). The van der Waals surface area contributed by atoms with Crippen LogP contribution in [0, 0.1) is 11.3 Å². The van der Waals surface area contributed by atoms with Crippen LogP contribution in [-0.2, 0) is 37.8 Å². The average molecular weight is 490 g/mol. The van der Waals surface area contributed by atoms with Crippen LogP contribution in [0.4, 0.5) is 0 Å². The summed E-state index contributed by atoms with van der Waals surface area (Å²) in [6, 6.07) is 6.94. The Balaban J connectivity index is 1.62. The molecule has 1 atom stereocenters. The molecular formula is C23H31N5O5S. The summed E-state index contributed by atoms with van der Waals surface area (Å²) in [4.78, 5) is 29.5. The molecular weight excluding hydrogens is 458 g/mol. The number of fused-ring (bicyclic) bond motifs is 1. The Bertz CT molecular complexity index is 1220. The van der Waals surface area contributed by atoms with Crippen molar-refractivity contribution in [1.29, 1.82) is 5.26 Å². The number of aromatic nitrogens is 2. The molecule has 0 aliphatic heterocycles. The minimum absolute atomic E-state index is 0.00102. The SMILES string of the molecule is CC(OC(=O)CCc1nc2cc(S(=O)(=O)N(C)C)ccc2n1C)C(=O)NC1(C#N)CCCCC1. The number of amides is 1. The molecule has 1 aromatic heterocycles. The third kappa shape index (κ3) is 5.39. The number of nitrogens with zero attached hydrogens (tertiary/aromatic N) is 4. The molecule has 0 spiro atoms. The van der Waals surface area contributed by atoms with Gasteiger partial charge in [-0.3, -0.25) is 9.59 Å². The monoisotopic (exact) mass is 489 g/mol. The lowest BCUT2D eigenvalue weighted by Gasteiger charge is -2.32. The number of esters is 1. The Morgan fingerprint density at radius 3 is 2.59 bits per heavy atom. The van der Waals surface area contributed by atoms with Crippen LogP contribution < -0.4 is 5.32 Å². The van der Waals surface area contributed by atoms with Crippen molar-refractivity contribution < 1.29 is 22.7 Å². The summed E-state index contributed by atoms with van der Waals surface area (Å²) < 4.78 is 33.0. The van der Waals surface area contributed by atoms with E-state index >= 15 is 0 Å². The number of carbonyl (C=O) groups is 2. The number of carbonyl (C=O) groups excluding carboxylic acids is 2. The Morgan fingerprint density at radius 2 is 1.97 bits per heavy atom. The van der Waals surface area contributed by atoms with Crippen LogP contribution in [0.1, 0.15) is 51.3 Å². The lowest BCUT2D eigenvalue weighted by atomic mass is 9.83. The van der Waals surface area contributed by atoms with Crippen molar-refractivity contribution in [2.24, 2.45) is 7.05 Å². The lowest BCUT2D eigenvalue weighted by Crippen LogP contribution is -2.52. The number of benzene rings is 1. The molecule has 34 heavy (non-hydrogen) atoms. The first-order valence-electron chi connectivity index (χ1n) is 11.3. The molecule has 184 valence electrons. The Kier molecular flexibility index (Phi) is 7.63. The molecule has 0 bridgehead atoms. The number of nitrogens with one attached hydrogen (secondary N) is 1. The molecule has 1 saturated carbocycles. The van der Waals surface area contributed by atoms with Gasteiger partial charge in [0.2, 0.25) is 10.0 Å². The number of rotatable bonds is 8. The predicted molar refractivity (Wildman–Crippen MR) is 125 cm³/mol. The summed E-state index contributed by atoms with van der Waals surface area (Å²) in [5.74, 6) is -0.441. The maximum Gasteiger partial charge on any atom is 0.307 e. The lowest BCUT2D eigenvalue weighted by molar-refractivity contribution is -0.155. The fourth-order valence-corrected chi connectivity index (χ4v) is 5.03. The molecule has 0 saturated heterocycles. The van der Waals surface area contributed by atoms with Crippen molar-refractivity contribution in [3.63, 3.8) is 0 Å². The molecule has 1 unspecified atom stereocenters. The summed E-state index contributed by atoms with van der Waals surface area (Å²) in [5, 5.41) is 12.3. The second-order valence-corrected chi connectivity index (χ2v) is 11.1. The molecule has 1 amide bonds. The summed E-state index contributed by atoms with van der Waals surface area (Å²) in [5.41, 5.74) is 0.362. The van der Waals surface area contributed by atoms with Crippen LogP contribution in [0.2, 0.25) is 0 Å². The first kappa shape index (κ1) is 25.6.